The number of hydrogen-bond acceptors (Lipinski definition) is 3. The van der Waals surface area contributed by atoms with Crippen molar-refractivity contribution in [1.82, 2.24) is 15.2 Å². The van der Waals surface area contributed by atoms with Crippen LogP contribution < -0.4 is 11.3 Å². The lowest BCUT2D eigenvalue weighted by molar-refractivity contribution is 0.0948. The molecule has 1 heterocycles. The minimum atomic E-state index is -0.413. The third kappa shape index (κ3) is 3.00. The van der Waals surface area contributed by atoms with Crippen molar-refractivity contribution in [1.29, 1.82) is 0 Å². The molecule has 0 bridgehead atoms. The molecule has 0 saturated heterocycles. The van der Waals surface area contributed by atoms with Gasteiger partial charge in [0, 0.05) is 5.56 Å². The van der Waals surface area contributed by atoms with Crippen molar-refractivity contribution >= 4 is 5.91 Å². The number of nitrogens with one attached hydrogen (secondary N) is 1. The molecule has 2 aromatic carbocycles. The average Bonchev–Trinajstić information content (AvgIpc) is 3.01. The van der Waals surface area contributed by atoms with E-state index in [1.165, 1.54) is 5.56 Å². The number of carbonyl (C=O) groups excluding carboxylic acids is 1. The van der Waals surface area contributed by atoms with Crippen LogP contribution in [0.25, 0.3) is 16.9 Å². The second-order valence-electron chi connectivity index (χ2n) is 5.50. The number of aryl methyl sites for hydroxylation is 2. The molecule has 5 heteroatoms. The molecule has 23 heavy (non-hydrogen) atoms. The average molecular weight is 306 g/mol. The minimum Gasteiger partial charge on any atom is -0.289 e. The molecular weight excluding hydrogens is 288 g/mol. The van der Waals surface area contributed by atoms with Crippen LogP contribution in [0.1, 0.15) is 21.6 Å². The van der Waals surface area contributed by atoms with Gasteiger partial charge in [0.2, 0.25) is 0 Å². The fourth-order valence-corrected chi connectivity index (χ4v) is 2.38. The van der Waals surface area contributed by atoms with Crippen molar-refractivity contribution in [2.75, 3.05) is 0 Å². The maximum Gasteiger partial charge on any atom is 0.285 e. The molecule has 1 amide bonds. The van der Waals surface area contributed by atoms with Gasteiger partial charge >= 0.3 is 0 Å². The summed E-state index contributed by atoms with van der Waals surface area (Å²) < 4.78 is 1.76. The van der Waals surface area contributed by atoms with E-state index in [0.717, 1.165) is 22.5 Å². The predicted octanol–water partition coefficient (Wildman–Crippen LogP) is 2.76. The molecule has 0 radical (unpaired) electrons. The minimum absolute atomic E-state index is 0.281. The zero-order valence-electron chi connectivity index (χ0n) is 13.1. The van der Waals surface area contributed by atoms with E-state index in [9.17, 15) is 4.79 Å². The highest BCUT2D eigenvalue weighted by atomic mass is 16.2. The number of benzene rings is 2. The summed E-state index contributed by atoms with van der Waals surface area (Å²) in [6, 6.07) is 17.8. The smallest absolute Gasteiger partial charge is 0.285 e. The van der Waals surface area contributed by atoms with Crippen LogP contribution in [0, 0.1) is 13.8 Å². The number of hydrogen-bond donors (Lipinski definition) is 2. The Labute approximate surface area is 134 Å². The van der Waals surface area contributed by atoms with Crippen molar-refractivity contribution in [3.05, 3.63) is 71.4 Å². The Hall–Kier alpha value is -2.92. The molecule has 0 aliphatic rings. The molecule has 116 valence electrons. The standard InChI is InChI=1S/C18H18N4O/c1-12-3-7-14(8-4-12)17-11-16(18(23)20-19)21-22(17)15-9-5-13(2)6-10-15/h3-11H,19H2,1-2H3,(H,20,23). The van der Waals surface area contributed by atoms with Gasteiger partial charge in [-0.05, 0) is 32.0 Å². The summed E-state index contributed by atoms with van der Waals surface area (Å²) in [7, 11) is 0. The van der Waals surface area contributed by atoms with Crippen molar-refractivity contribution in [3.63, 3.8) is 0 Å². The van der Waals surface area contributed by atoms with E-state index < -0.39 is 5.91 Å². The number of carbonyl (C=O) groups is 1. The maximum absolute atomic E-state index is 11.8. The van der Waals surface area contributed by atoms with Crippen LogP contribution in [0.2, 0.25) is 0 Å². The lowest BCUT2D eigenvalue weighted by Crippen LogP contribution is -2.30. The van der Waals surface area contributed by atoms with E-state index in [4.69, 9.17) is 5.84 Å². The molecule has 1 aromatic heterocycles. The molecule has 3 aromatic rings. The topological polar surface area (TPSA) is 72.9 Å². The van der Waals surface area contributed by atoms with Crippen LogP contribution in [0.4, 0.5) is 0 Å². The Morgan fingerprint density at radius 1 is 1.00 bits per heavy atom. The Balaban J connectivity index is 2.16. The molecule has 3 rings (SSSR count). The second kappa shape index (κ2) is 6.06. The van der Waals surface area contributed by atoms with E-state index in [1.807, 2.05) is 62.4 Å². The fourth-order valence-electron chi connectivity index (χ4n) is 2.38. The number of nitrogens with two attached hydrogens (primary N) is 1. The maximum atomic E-state index is 11.8. The van der Waals surface area contributed by atoms with Gasteiger partial charge in [0.05, 0.1) is 11.4 Å². The Morgan fingerprint density at radius 3 is 2.13 bits per heavy atom. The van der Waals surface area contributed by atoms with Gasteiger partial charge in [-0.15, -0.1) is 0 Å². The van der Waals surface area contributed by atoms with Gasteiger partial charge in [-0.3, -0.25) is 10.2 Å². The van der Waals surface area contributed by atoms with Crippen LogP contribution in [-0.4, -0.2) is 15.7 Å². The monoisotopic (exact) mass is 306 g/mol. The molecule has 0 aliphatic carbocycles. The van der Waals surface area contributed by atoms with Crippen LogP contribution in [0.5, 0.6) is 0 Å². The SMILES string of the molecule is Cc1ccc(-c2cc(C(=O)NN)nn2-c2ccc(C)cc2)cc1. The molecule has 3 N–H and O–H groups in total. The summed E-state index contributed by atoms with van der Waals surface area (Å²) in [6.07, 6.45) is 0. The van der Waals surface area contributed by atoms with E-state index in [-0.39, 0.29) is 5.69 Å². The third-order valence-electron chi connectivity index (χ3n) is 3.70. The first-order chi connectivity index (χ1) is 11.1. The summed E-state index contributed by atoms with van der Waals surface area (Å²) in [5.74, 6) is 4.82. The highest BCUT2D eigenvalue weighted by molar-refractivity contribution is 5.93. The molecule has 0 unspecified atom stereocenters. The summed E-state index contributed by atoms with van der Waals surface area (Å²) in [6.45, 7) is 4.06. The van der Waals surface area contributed by atoms with Crippen molar-refractivity contribution in [2.45, 2.75) is 13.8 Å². The molecule has 0 atom stereocenters. The largest absolute Gasteiger partial charge is 0.289 e. The first-order valence-corrected chi connectivity index (χ1v) is 7.33. The first kappa shape index (κ1) is 15.0. The Kier molecular flexibility index (Phi) is 3.95. The zero-order chi connectivity index (χ0) is 16.4. The second-order valence-corrected chi connectivity index (χ2v) is 5.50. The van der Waals surface area contributed by atoms with Crippen molar-refractivity contribution in [2.24, 2.45) is 5.84 Å². The molecule has 0 spiro atoms. The van der Waals surface area contributed by atoms with Gasteiger partial charge in [0.15, 0.2) is 5.69 Å². The predicted molar refractivity (Wildman–Crippen MR) is 90.1 cm³/mol. The highest BCUT2D eigenvalue weighted by Crippen LogP contribution is 2.24. The number of hydrazine groups is 1. The molecule has 0 saturated carbocycles. The Morgan fingerprint density at radius 2 is 1.57 bits per heavy atom. The number of aromatic nitrogens is 2. The van der Waals surface area contributed by atoms with Crippen LogP contribution in [-0.2, 0) is 0 Å². The van der Waals surface area contributed by atoms with Crippen LogP contribution >= 0.6 is 0 Å². The summed E-state index contributed by atoms with van der Waals surface area (Å²) >= 11 is 0. The molecule has 0 fully saturated rings. The number of rotatable bonds is 3. The zero-order valence-corrected chi connectivity index (χ0v) is 13.1. The fraction of sp³-hybridized carbons (Fsp3) is 0.111. The summed E-state index contributed by atoms with van der Waals surface area (Å²) in [5, 5.41) is 4.40. The van der Waals surface area contributed by atoms with Gasteiger partial charge in [0.25, 0.3) is 5.91 Å². The van der Waals surface area contributed by atoms with Crippen LogP contribution in [0.15, 0.2) is 54.6 Å². The highest BCUT2D eigenvalue weighted by Gasteiger charge is 2.16. The molecular formula is C18H18N4O. The van der Waals surface area contributed by atoms with Gasteiger partial charge in [0.1, 0.15) is 0 Å². The van der Waals surface area contributed by atoms with Gasteiger partial charge in [-0.1, -0.05) is 47.5 Å². The lowest BCUT2D eigenvalue weighted by Gasteiger charge is -2.08. The van der Waals surface area contributed by atoms with Crippen molar-refractivity contribution in [3.8, 4) is 16.9 Å². The van der Waals surface area contributed by atoms with Gasteiger partial charge in [-0.25, -0.2) is 10.5 Å². The van der Waals surface area contributed by atoms with E-state index in [2.05, 4.69) is 10.5 Å². The van der Waals surface area contributed by atoms with Gasteiger partial charge < -0.3 is 0 Å². The molecule has 0 aliphatic heterocycles. The first-order valence-electron chi connectivity index (χ1n) is 7.33. The number of nitrogens with zero attached hydrogens (tertiary/aromatic N) is 2. The lowest BCUT2D eigenvalue weighted by atomic mass is 10.1. The van der Waals surface area contributed by atoms with E-state index in [0.29, 0.717) is 0 Å². The third-order valence-corrected chi connectivity index (χ3v) is 3.70. The summed E-state index contributed by atoms with van der Waals surface area (Å²) in [4.78, 5) is 11.8. The molecule has 5 nitrogen and oxygen atoms in total. The quantitative estimate of drug-likeness (QED) is 0.444. The summed E-state index contributed by atoms with van der Waals surface area (Å²) in [5.41, 5.74) is 7.47. The Bertz CT molecular complexity index is 769. The van der Waals surface area contributed by atoms with Crippen LogP contribution in [0.3, 0.4) is 0 Å². The van der Waals surface area contributed by atoms with Gasteiger partial charge in [-0.2, -0.15) is 5.10 Å². The van der Waals surface area contributed by atoms with Crippen molar-refractivity contribution < 1.29 is 4.79 Å². The normalized spacial score (nSPS) is 10.6. The number of nitrogen functional groups attached to an aromatic ring is 1. The number of amides is 1. The van der Waals surface area contributed by atoms with E-state index >= 15 is 0 Å². The van der Waals surface area contributed by atoms with E-state index in [1.54, 1.807) is 10.7 Å².